The third-order valence-electron chi connectivity index (χ3n) is 3.56. The van der Waals surface area contributed by atoms with Crippen LogP contribution in [0.5, 0.6) is 5.88 Å². The molecule has 22 heavy (non-hydrogen) atoms. The SMILES string of the molecule is COc1nc(-c2cccc(-c3ccccc3)c2)c(Br)cc1C. The van der Waals surface area contributed by atoms with E-state index in [-0.39, 0.29) is 0 Å². The Hall–Kier alpha value is -2.13. The Labute approximate surface area is 138 Å². The molecule has 1 aromatic heterocycles. The van der Waals surface area contributed by atoms with E-state index < -0.39 is 0 Å². The molecule has 3 heteroatoms. The number of aryl methyl sites for hydroxylation is 1. The van der Waals surface area contributed by atoms with Gasteiger partial charge in [0, 0.05) is 15.6 Å². The molecule has 3 rings (SSSR count). The lowest BCUT2D eigenvalue weighted by Crippen LogP contribution is -1.95. The predicted molar refractivity (Wildman–Crippen MR) is 94.1 cm³/mol. The van der Waals surface area contributed by atoms with Crippen molar-refractivity contribution < 1.29 is 4.74 Å². The Balaban J connectivity index is 2.10. The summed E-state index contributed by atoms with van der Waals surface area (Å²) >= 11 is 3.61. The molecule has 0 aliphatic heterocycles. The van der Waals surface area contributed by atoms with Gasteiger partial charge in [-0.15, -0.1) is 0 Å². The number of nitrogens with zero attached hydrogens (tertiary/aromatic N) is 1. The number of methoxy groups -OCH3 is 1. The van der Waals surface area contributed by atoms with Crippen molar-refractivity contribution in [2.45, 2.75) is 6.92 Å². The highest BCUT2D eigenvalue weighted by Crippen LogP contribution is 2.33. The molecular formula is C19H16BrNO. The van der Waals surface area contributed by atoms with E-state index >= 15 is 0 Å². The van der Waals surface area contributed by atoms with Gasteiger partial charge in [-0.2, -0.15) is 0 Å². The van der Waals surface area contributed by atoms with Gasteiger partial charge in [-0.05, 0) is 46.1 Å². The van der Waals surface area contributed by atoms with Gasteiger partial charge in [-0.1, -0.05) is 48.5 Å². The molecule has 0 atom stereocenters. The standard InChI is InChI=1S/C19H16BrNO/c1-13-11-17(20)18(21-19(13)22-2)16-10-6-9-15(12-16)14-7-4-3-5-8-14/h3-12H,1-2H3. The maximum Gasteiger partial charge on any atom is 0.216 e. The first-order valence-corrected chi connectivity index (χ1v) is 7.85. The molecule has 0 saturated carbocycles. The van der Waals surface area contributed by atoms with Crippen molar-refractivity contribution >= 4 is 15.9 Å². The Bertz CT molecular complexity index is 800. The first kappa shape index (κ1) is 14.8. The molecule has 2 aromatic carbocycles. The fraction of sp³-hybridized carbons (Fsp3) is 0.105. The summed E-state index contributed by atoms with van der Waals surface area (Å²) in [5, 5.41) is 0. The zero-order valence-corrected chi connectivity index (χ0v) is 14.1. The van der Waals surface area contributed by atoms with Crippen molar-refractivity contribution in [3.63, 3.8) is 0 Å². The van der Waals surface area contributed by atoms with E-state index in [2.05, 4.69) is 57.3 Å². The summed E-state index contributed by atoms with van der Waals surface area (Å²) in [4.78, 5) is 4.63. The molecule has 0 N–H and O–H groups in total. The Morgan fingerprint density at radius 2 is 1.55 bits per heavy atom. The van der Waals surface area contributed by atoms with Crippen LogP contribution in [0.25, 0.3) is 22.4 Å². The number of ether oxygens (including phenoxy) is 1. The number of rotatable bonds is 3. The number of aromatic nitrogens is 1. The minimum absolute atomic E-state index is 0.656. The molecule has 0 aliphatic carbocycles. The number of pyridine rings is 1. The van der Waals surface area contributed by atoms with E-state index in [9.17, 15) is 0 Å². The third-order valence-corrected chi connectivity index (χ3v) is 4.16. The van der Waals surface area contributed by atoms with E-state index in [1.54, 1.807) is 7.11 Å². The monoisotopic (exact) mass is 353 g/mol. The second-order valence-electron chi connectivity index (χ2n) is 5.09. The van der Waals surface area contributed by atoms with Gasteiger partial charge in [0.1, 0.15) is 0 Å². The van der Waals surface area contributed by atoms with E-state index in [1.165, 1.54) is 11.1 Å². The second kappa shape index (κ2) is 6.32. The van der Waals surface area contributed by atoms with Crippen molar-refractivity contribution in [3.05, 3.63) is 70.7 Å². The second-order valence-corrected chi connectivity index (χ2v) is 5.95. The van der Waals surface area contributed by atoms with Gasteiger partial charge in [0.2, 0.25) is 5.88 Å². The van der Waals surface area contributed by atoms with Crippen molar-refractivity contribution in [2.24, 2.45) is 0 Å². The lowest BCUT2D eigenvalue weighted by atomic mass is 10.0. The zero-order valence-electron chi connectivity index (χ0n) is 12.5. The molecular weight excluding hydrogens is 338 g/mol. The molecule has 0 unspecified atom stereocenters. The average molecular weight is 354 g/mol. The van der Waals surface area contributed by atoms with Crippen LogP contribution >= 0.6 is 15.9 Å². The summed E-state index contributed by atoms with van der Waals surface area (Å²) in [7, 11) is 1.65. The van der Waals surface area contributed by atoms with Crippen LogP contribution in [-0.2, 0) is 0 Å². The minimum Gasteiger partial charge on any atom is -0.481 e. The summed E-state index contributed by atoms with van der Waals surface area (Å²) in [5.41, 5.74) is 5.33. The molecule has 0 spiro atoms. The molecule has 0 fully saturated rings. The van der Waals surface area contributed by atoms with E-state index in [1.807, 2.05) is 31.2 Å². The topological polar surface area (TPSA) is 22.1 Å². The zero-order chi connectivity index (χ0) is 15.5. The van der Waals surface area contributed by atoms with Crippen molar-refractivity contribution in [3.8, 4) is 28.3 Å². The normalized spacial score (nSPS) is 10.5. The van der Waals surface area contributed by atoms with Crippen LogP contribution in [-0.4, -0.2) is 12.1 Å². The smallest absolute Gasteiger partial charge is 0.216 e. The van der Waals surface area contributed by atoms with Crippen LogP contribution in [0.1, 0.15) is 5.56 Å². The number of halogens is 1. The molecule has 0 saturated heterocycles. The van der Waals surface area contributed by atoms with Crippen LogP contribution in [0, 0.1) is 6.92 Å². The maximum atomic E-state index is 5.35. The molecule has 2 nitrogen and oxygen atoms in total. The Morgan fingerprint density at radius 3 is 2.27 bits per heavy atom. The van der Waals surface area contributed by atoms with Gasteiger partial charge in [0.05, 0.1) is 12.8 Å². The largest absolute Gasteiger partial charge is 0.481 e. The van der Waals surface area contributed by atoms with Crippen LogP contribution in [0.15, 0.2) is 65.1 Å². The van der Waals surface area contributed by atoms with Crippen molar-refractivity contribution in [1.29, 1.82) is 0 Å². The Morgan fingerprint density at radius 1 is 0.864 bits per heavy atom. The minimum atomic E-state index is 0.656. The fourth-order valence-electron chi connectivity index (χ4n) is 2.45. The van der Waals surface area contributed by atoms with Gasteiger partial charge in [-0.3, -0.25) is 0 Å². The molecule has 0 amide bonds. The third kappa shape index (κ3) is 2.90. The lowest BCUT2D eigenvalue weighted by Gasteiger charge is -2.10. The highest BCUT2D eigenvalue weighted by atomic mass is 79.9. The lowest BCUT2D eigenvalue weighted by molar-refractivity contribution is 0.395. The van der Waals surface area contributed by atoms with Crippen LogP contribution < -0.4 is 4.74 Å². The predicted octanol–water partition coefficient (Wildman–Crippen LogP) is 5.50. The molecule has 0 bridgehead atoms. The first-order chi connectivity index (χ1) is 10.7. The van der Waals surface area contributed by atoms with Crippen LogP contribution in [0.2, 0.25) is 0 Å². The number of benzene rings is 2. The van der Waals surface area contributed by atoms with Gasteiger partial charge >= 0.3 is 0 Å². The van der Waals surface area contributed by atoms with E-state index in [4.69, 9.17) is 4.74 Å². The maximum absolute atomic E-state index is 5.35. The van der Waals surface area contributed by atoms with Gasteiger partial charge in [-0.25, -0.2) is 4.98 Å². The summed E-state index contributed by atoms with van der Waals surface area (Å²) in [6.45, 7) is 1.99. The molecule has 0 radical (unpaired) electrons. The van der Waals surface area contributed by atoms with Crippen molar-refractivity contribution in [1.82, 2.24) is 4.98 Å². The highest BCUT2D eigenvalue weighted by molar-refractivity contribution is 9.10. The number of hydrogen-bond acceptors (Lipinski definition) is 2. The summed E-state index contributed by atoms with van der Waals surface area (Å²) in [5.74, 6) is 0.656. The summed E-state index contributed by atoms with van der Waals surface area (Å²) in [6, 6.07) is 20.7. The van der Waals surface area contributed by atoms with Crippen LogP contribution in [0.4, 0.5) is 0 Å². The number of hydrogen-bond donors (Lipinski definition) is 0. The molecule has 3 aromatic rings. The average Bonchev–Trinajstić information content (AvgIpc) is 2.56. The molecule has 110 valence electrons. The van der Waals surface area contributed by atoms with Crippen LogP contribution in [0.3, 0.4) is 0 Å². The van der Waals surface area contributed by atoms with E-state index in [0.717, 1.165) is 21.3 Å². The molecule has 1 heterocycles. The summed E-state index contributed by atoms with van der Waals surface area (Å²) in [6.07, 6.45) is 0. The quantitative estimate of drug-likeness (QED) is 0.620. The Kier molecular flexibility index (Phi) is 4.25. The van der Waals surface area contributed by atoms with Gasteiger partial charge < -0.3 is 4.74 Å². The molecule has 0 aliphatic rings. The summed E-state index contributed by atoms with van der Waals surface area (Å²) < 4.78 is 6.31. The fourth-order valence-corrected chi connectivity index (χ4v) is 3.11. The van der Waals surface area contributed by atoms with Gasteiger partial charge in [0.15, 0.2) is 0 Å². The van der Waals surface area contributed by atoms with Gasteiger partial charge in [0.25, 0.3) is 0 Å². The van der Waals surface area contributed by atoms with Crippen molar-refractivity contribution in [2.75, 3.05) is 7.11 Å². The highest BCUT2D eigenvalue weighted by Gasteiger charge is 2.11. The first-order valence-electron chi connectivity index (χ1n) is 7.06. The van der Waals surface area contributed by atoms with E-state index in [0.29, 0.717) is 5.88 Å².